The van der Waals surface area contributed by atoms with Gasteiger partial charge in [-0.2, -0.15) is 0 Å². The molecule has 40 heavy (non-hydrogen) atoms. The fourth-order valence-electron chi connectivity index (χ4n) is 7.61. The van der Waals surface area contributed by atoms with E-state index in [0.717, 1.165) is 55.2 Å². The number of piperidine rings is 1. The molecular weight excluding hydrogens is 534 g/mol. The van der Waals surface area contributed by atoms with Gasteiger partial charge in [0.1, 0.15) is 11.6 Å². The number of aromatic nitrogens is 3. The van der Waals surface area contributed by atoms with Crippen LogP contribution in [0.5, 0.6) is 0 Å². The quantitative estimate of drug-likeness (QED) is 0.382. The minimum absolute atomic E-state index is 0.128. The normalized spacial score (nSPS) is 26.5. The summed E-state index contributed by atoms with van der Waals surface area (Å²) >= 11 is 1.36. The molecule has 2 bridgehead atoms. The van der Waals surface area contributed by atoms with Crippen molar-refractivity contribution in [1.82, 2.24) is 30.3 Å². The summed E-state index contributed by atoms with van der Waals surface area (Å²) < 4.78 is 30.7. The first-order valence-electron chi connectivity index (χ1n) is 14.7. The Hall–Kier alpha value is -2.40. The molecule has 8 nitrogen and oxygen atoms in total. The van der Waals surface area contributed by atoms with Gasteiger partial charge in [0.05, 0.1) is 10.4 Å². The Balaban J connectivity index is 1.39. The van der Waals surface area contributed by atoms with Crippen molar-refractivity contribution in [1.29, 1.82) is 0 Å². The van der Waals surface area contributed by atoms with Crippen molar-refractivity contribution in [2.24, 2.45) is 5.92 Å². The molecule has 2 amide bonds. The van der Waals surface area contributed by atoms with E-state index >= 15 is 0 Å². The lowest BCUT2D eigenvalue weighted by molar-refractivity contribution is -0.113. The maximum Gasteiger partial charge on any atom is 0.261 e. The maximum atomic E-state index is 14.2. The van der Waals surface area contributed by atoms with E-state index in [0.29, 0.717) is 48.2 Å². The smallest absolute Gasteiger partial charge is 0.261 e. The summed E-state index contributed by atoms with van der Waals surface area (Å²) in [6.07, 6.45) is 5.96. The first-order chi connectivity index (χ1) is 19.1. The van der Waals surface area contributed by atoms with Crippen LogP contribution in [0.2, 0.25) is 0 Å². The highest BCUT2D eigenvalue weighted by Crippen LogP contribution is 2.49. The second kappa shape index (κ2) is 11.5. The van der Waals surface area contributed by atoms with Crippen LogP contribution in [0.3, 0.4) is 0 Å². The summed E-state index contributed by atoms with van der Waals surface area (Å²) in [6, 6.07) is 4.88. The predicted octanol–water partition coefficient (Wildman–Crippen LogP) is 5.16. The molecule has 2 aromatic heterocycles. The second-order valence-corrected chi connectivity index (χ2v) is 13.3. The molecule has 11 heteroatoms. The number of carbonyl (C=O) groups is 2. The van der Waals surface area contributed by atoms with E-state index in [1.807, 2.05) is 13.0 Å². The minimum Gasteiger partial charge on any atom is -0.354 e. The van der Waals surface area contributed by atoms with Crippen molar-refractivity contribution >= 4 is 23.7 Å². The third-order valence-electron chi connectivity index (χ3n) is 9.63. The lowest BCUT2D eigenvalue weighted by Crippen LogP contribution is -2.53. The molecule has 0 aromatic carbocycles. The molecule has 0 radical (unpaired) electrons. The molecule has 0 spiro atoms. The summed E-state index contributed by atoms with van der Waals surface area (Å²) in [7, 11) is 1.59. The number of rotatable bonds is 10. The summed E-state index contributed by atoms with van der Waals surface area (Å²) in [4.78, 5) is 28.5. The highest BCUT2D eigenvalue weighted by Gasteiger charge is 2.49. The van der Waals surface area contributed by atoms with Gasteiger partial charge in [-0.05, 0) is 69.9 Å². The number of nitrogens with zero attached hydrogens (tertiary/aromatic N) is 4. The highest BCUT2D eigenvalue weighted by atomic mass is 32.1. The van der Waals surface area contributed by atoms with Gasteiger partial charge in [-0.3, -0.25) is 14.5 Å². The van der Waals surface area contributed by atoms with Crippen molar-refractivity contribution in [3.8, 4) is 0 Å². The zero-order chi connectivity index (χ0) is 28.7. The van der Waals surface area contributed by atoms with E-state index in [1.165, 1.54) is 11.3 Å². The van der Waals surface area contributed by atoms with E-state index in [1.54, 1.807) is 13.1 Å². The minimum atomic E-state index is -2.66. The fraction of sp³-hybridized carbons (Fsp3) is 0.724. The number of carbonyl (C=O) groups excluding carboxylic acids is 2. The Morgan fingerprint density at radius 2 is 1.82 bits per heavy atom. The summed E-state index contributed by atoms with van der Waals surface area (Å²) in [5, 5.41) is 14.6. The SMILES string of the molecule is CNC(=O)c1ccc([C@@](CCN2C3CCC2CC(n2c(C)nnc2C(C)C)C3)(NC=O)C2CCC(F)(F)CC2)s1. The van der Waals surface area contributed by atoms with Crippen LogP contribution in [0, 0.1) is 12.8 Å². The number of thiophene rings is 1. The number of hydrogen-bond donors (Lipinski definition) is 2. The Bertz CT molecular complexity index is 1190. The molecule has 5 rings (SSSR count). The number of fused-ring (bicyclic) bond motifs is 2. The maximum absolute atomic E-state index is 14.2. The number of aryl methyl sites for hydroxylation is 1. The van der Waals surface area contributed by atoms with Crippen LogP contribution in [0.1, 0.15) is 110 Å². The number of halogens is 2. The molecule has 1 saturated carbocycles. The first-order valence-corrected chi connectivity index (χ1v) is 15.5. The standard InChI is InChI=1S/C29H42F2N6O2S/c1-18(2)26-35-34-19(3)37(26)23-15-21-5-6-22(16-23)36(21)14-13-29(33-17-38,20-9-11-28(30,31)12-10-20)25-8-7-24(40-25)27(39)32-4/h7-8,17-18,20-23H,5-6,9-16H2,1-4H3,(H,32,39)(H,33,38)/t21?,22?,23?,29-/m0/s1. The molecule has 220 valence electrons. The van der Waals surface area contributed by atoms with Gasteiger partial charge in [0, 0.05) is 55.4 Å². The lowest BCUT2D eigenvalue weighted by atomic mass is 9.71. The van der Waals surface area contributed by atoms with Crippen LogP contribution >= 0.6 is 11.3 Å². The Morgan fingerprint density at radius 3 is 2.42 bits per heavy atom. The van der Waals surface area contributed by atoms with E-state index in [2.05, 4.69) is 44.1 Å². The van der Waals surface area contributed by atoms with Crippen LogP contribution in [-0.2, 0) is 10.3 Å². The molecule has 1 aliphatic carbocycles. The van der Waals surface area contributed by atoms with Crippen LogP contribution in [0.4, 0.5) is 8.78 Å². The lowest BCUT2D eigenvalue weighted by Gasteiger charge is -2.46. The number of amides is 2. The third-order valence-corrected chi connectivity index (χ3v) is 10.9. The van der Waals surface area contributed by atoms with Gasteiger partial charge in [-0.15, -0.1) is 21.5 Å². The summed E-state index contributed by atoms with van der Waals surface area (Å²) in [6.45, 7) is 7.12. The average Bonchev–Trinajstić information content (AvgIpc) is 3.62. The van der Waals surface area contributed by atoms with Crippen molar-refractivity contribution < 1.29 is 18.4 Å². The molecular formula is C29H42F2N6O2S. The average molecular weight is 577 g/mol. The molecule has 2 unspecified atom stereocenters. The molecule has 2 saturated heterocycles. The van der Waals surface area contributed by atoms with Gasteiger partial charge >= 0.3 is 0 Å². The molecule has 3 aliphatic rings. The second-order valence-electron chi connectivity index (χ2n) is 12.2. The molecule has 2 aromatic rings. The monoisotopic (exact) mass is 576 g/mol. The van der Waals surface area contributed by atoms with Crippen LogP contribution in [0.25, 0.3) is 0 Å². The molecule has 2 N–H and O–H groups in total. The molecule has 3 atom stereocenters. The topological polar surface area (TPSA) is 92.2 Å². The highest BCUT2D eigenvalue weighted by molar-refractivity contribution is 7.14. The van der Waals surface area contributed by atoms with Gasteiger partial charge < -0.3 is 15.2 Å². The van der Waals surface area contributed by atoms with Crippen molar-refractivity contribution in [3.63, 3.8) is 0 Å². The van der Waals surface area contributed by atoms with Crippen LogP contribution < -0.4 is 10.6 Å². The third kappa shape index (κ3) is 5.43. The van der Waals surface area contributed by atoms with Gasteiger partial charge in [-0.1, -0.05) is 13.8 Å². The van der Waals surface area contributed by atoms with Crippen molar-refractivity contribution in [2.45, 2.75) is 114 Å². The Morgan fingerprint density at radius 1 is 1.15 bits per heavy atom. The van der Waals surface area contributed by atoms with Crippen LogP contribution in [-0.4, -0.2) is 63.6 Å². The van der Waals surface area contributed by atoms with Gasteiger partial charge in [0.25, 0.3) is 5.91 Å². The number of nitrogens with one attached hydrogen (secondary N) is 2. The fourth-order valence-corrected chi connectivity index (χ4v) is 8.82. The van der Waals surface area contributed by atoms with Crippen molar-refractivity contribution in [2.75, 3.05) is 13.6 Å². The summed E-state index contributed by atoms with van der Waals surface area (Å²) in [5.41, 5.74) is -0.791. The zero-order valence-corrected chi connectivity index (χ0v) is 24.8. The number of hydrogen-bond acceptors (Lipinski definition) is 6. The van der Waals surface area contributed by atoms with Gasteiger partial charge in [0.2, 0.25) is 12.3 Å². The van der Waals surface area contributed by atoms with E-state index in [-0.39, 0.29) is 24.7 Å². The first kappa shape index (κ1) is 29.1. The van der Waals surface area contributed by atoms with E-state index < -0.39 is 11.5 Å². The molecule has 4 heterocycles. The number of alkyl halides is 2. The van der Waals surface area contributed by atoms with Crippen molar-refractivity contribution in [3.05, 3.63) is 33.5 Å². The Labute approximate surface area is 239 Å². The zero-order valence-electron chi connectivity index (χ0n) is 24.0. The molecule has 2 aliphatic heterocycles. The molecule has 3 fully saturated rings. The van der Waals surface area contributed by atoms with E-state index in [4.69, 9.17) is 0 Å². The summed E-state index contributed by atoms with van der Waals surface area (Å²) in [5.74, 6) is -0.658. The predicted molar refractivity (Wildman–Crippen MR) is 151 cm³/mol. The van der Waals surface area contributed by atoms with Crippen LogP contribution in [0.15, 0.2) is 12.1 Å². The van der Waals surface area contributed by atoms with Gasteiger partial charge in [0.15, 0.2) is 0 Å². The largest absolute Gasteiger partial charge is 0.354 e. The van der Waals surface area contributed by atoms with Gasteiger partial charge in [-0.25, -0.2) is 8.78 Å². The Kier molecular flexibility index (Phi) is 8.34. The van der Waals surface area contributed by atoms with E-state index in [9.17, 15) is 18.4 Å².